The van der Waals surface area contributed by atoms with Gasteiger partial charge in [-0.3, -0.25) is 9.48 Å². The fourth-order valence-electron chi connectivity index (χ4n) is 1.34. The van der Waals surface area contributed by atoms with Crippen LogP contribution in [0.1, 0.15) is 39.1 Å². The van der Waals surface area contributed by atoms with E-state index < -0.39 is 17.3 Å². The average Bonchev–Trinajstić information content (AvgIpc) is 2.44. The number of carbonyl (C=O) groups excluding carboxylic acids is 1. The standard InChI is InChI=1S/C11H15F3N2O/c1-7(17)6-16-9(11(12,13)14)5-8(15-16)10(2,3)4/h5H,6H2,1-4H3. The van der Waals surface area contributed by atoms with Crippen molar-refractivity contribution in [3.05, 3.63) is 17.5 Å². The molecule has 17 heavy (non-hydrogen) atoms. The normalized spacial score (nSPS) is 12.9. The Morgan fingerprint density at radius 2 is 1.88 bits per heavy atom. The Morgan fingerprint density at radius 3 is 2.24 bits per heavy atom. The molecule has 0 radical (unpaired) electrons. The predicted molar refractivity (Wildman–Crippen MR) is 56.6 cm³/mol. The molecule has 1 rings (SSSR count). The molecule has 3 nitrogen and oxygen atoms in total. The zero-order valence-electron chi connectivity index (χ0n) is 10.2. The van der Waals surface area contributed by atoms with E-state index in [0.29, 0.717) is 5.69 Å². The van der Waals surface area contributed by atoms with Crippen molar-refractivity contribution in [3.8, 4) is 0 Å². The number of ketones is 1. The van der Waals surface area contributed by atoms with Gasteiger partial charge in [-0.15, -0.1) is 0 Å². The molecule has 0 saturated carbocycles. The highest BCUT2D eigenvalue weighted by Crippen LogP contribution is 2.32. The van der Waals surface area contributed by atoms with Crippen molar-refractivity contribution in [2.45, 2.75) is 45.8 Å². The minimum Gasteiger partial charge on any atom is -0.298 e. The predicted octanol–water partition coefficient (Wildman–Crippen LogP) is 2.79. The summed E-state index contributed by atoms with van der Waals surface area (Å²) in [6.07, 6.45) is -4.49. The minimum absolute atomic E-state index is 0.325. The molecule has 0 unspecified atom stereocenters. The van der Waals surface area contributed by atoms with E-state index in [1.807, 2.05) is 0 Å². The van der Waals surface area contributed by atoms with E-state index in [-0.39, 0.29) is 12.3 Å². The Balaban J connectivity index is 3.27. The molecule has 0 atom stereocenters. The van der Waals surface area contributed by atoms with E-state index in [4.69, 9.17) is 0 Å². The van der Waals surface area contributed by atoms with Gasteiger partial charge in [0.15, 0.2) is 5.78 Å². The highest BCUT2D eigenvalue weighted by molar-refractivity contribution is 5.75. The lowest BCUT2D eigenvalue weighted by atomic mass is 9.92. The second-order valence-corrected chi connectivity index (χ2v) is 5.02. The Hall–Kier alpha value is -1.33. The Labute approximate surface area is 97.6 Å². The van der Waals surface area contributed by atoms with Crippen LogP contribution in [-0.4, -0.2) is 15.6 Å². The monoisotopic (exact) mass is 248 g/mol. The van der Waals surface area contributed by atoms with Crippen molar-refractivity contribution in [1.82, 2.24) is 9.78 Å². The average molecular weight is 248 g/mol. The van der Waals surface area contributed by atoms with Crippen LogP contribution in [0.5, 0.6) is 0 Å². The molecule has 96 valence electrons. The van der Waals surface area contributed by atoms with Crippen molar-refractivity contribution < 1.29 is 18.0 Å². The number of rotatable bonds is 2. The van der Waals surface area contributed by atoms with Gasteiger partial charge in [-0.2, -0.15) is 18.3 Å². The fraction of sp³-hybridized carbons (Fsp3) is 0.636. The van der Waals surface area contributed by atoms with E-state index in [0.717, 1.165) is 10.7 Å². The summed E-state index contributed by atoms with van der Waals surface area (Å²) in [6, 6.07) is 1.00. The van der Waals surface area contributed by atoms with Crippen LogP contribution in [0.3, 0.4) is 0 Å². The number of carbonyl (C=O) groups is 1. The number of nitrogens with zero attached hydrogens (tertiary/aromatic N) is 2. The molecule has 0 aromatic carbocycles. The summed E-state index contributed by atoms with van der Waals surface area (Å²) < 4.78 is 38.9. The van der Waals surface area contributed by atoms with E-state index in [9.17, 15) is 18.0 Å². The molecule has 6 heteroatoms. The SMILES string of the molecule is CC(=O)Cn1nc(C(C)(C)C)cc1C(F)(F)F. The summed E-state index contributed by atoms with van der Waals surface area (Å²) in [5, 5.41) is 3.86. The first-order chi connectivity index (χ1) is 7.51. The van der Waals surface area contributed by atoms with E-state index >= 15 is 0 Å². The molecule has 0 aliphatic carbocycles. The summed E-state index contributed by atoms with van der Waals surface area (Å²) in [6.45, 7) is 6.19. The van der Waals surface area contributed by atoms with Crippen LogP contribution in [0.25, 0.3) is 0 Å². The van der Waals surface area contributed by atoms with E-state index in [1.165, 1.54) is 6.92 Å². The number of aromatic nitrogens is 2. The van der Waals surface area contributed by atoms with Crippen molar-refractivity contribution >= 4 is 5.78 Å². The Bertz CT molecular complexity index is 427. The maximum atomic E-state index is 12.7. The van der Waals surface area contributed by atoms with Gasteiger partial charge < -0.3 is 0 Å². The van der Waals surface area contributed by atoms with Gasteiger partial charge in [0.05, 0.1) is 12.2 Å². The molecule has 0 amide bonds. The molecular weight excluding hydrogens is 233 g/mol. The number of alkyl halides is 3. The molecule has 0 bridgehead atoms. The van der Waals surface area contributed by atoms with Crippen LogP contribution in [0.15, 0.2) is 6.07 Å². The summed E-state index contributed by atoms with van der Waals surface area (Å²) >= 11 is 0. The van der Waals surface area contributed by atoms with Crippen molar-refractivity contribution in [3.63, 3.8) is 0 Å². The van der Waals surface area contributed by atoms with Crippen LogP contribution >= 0.6 is 0 Å². The van der Waals surface area contributed by atoms with Crippen LogP contribution in [-0.2, 0) is 22.9 Å². The summed E-state index contributed by atoms with van der Waals surface area (Å²) in [5.74, 6) is -0.362. The first-order valence-electron chi connectivity index (χ1n) is 5.17. The van der Waals surface area contributed by atoms with Crippen molar-refractivity contribution in [2.75, 3.05) is 0 Å². The van der Waals surface area contributed by atoms with E-state index in [2.05, 4.69) is 5.10 Å². The maximum Gasteiger partial charge on any atom is 0.433 e. The van der Waals surface area contributed by atoms with Crippen molar-refractivity contribution in [2.24, 2.45) is 0 Å². The largest absolute Gasteiger partial charge is 0.433 e. The van der Waals surface area contributed by atoms with Gasteiger partial charge in [-0.05, 0) is 13.0 Å². The topological polar surface area (TPSA) is 34.9 Å². The highest BCUT2D eigenvalue weighted by atomic mass is 19.4. The quantitative estimate of drug-likeness (QED) is 0.806. The lowest BCUT2D eigenvalue weighted by Gasteiger charge is -2.14. The van der Waals surface area contributed by atoms with Gasteiger partial charge in [0.25, 0.3) is 0 Å². The molecule has 0 N–H and O–H groups in total. The molecule has 0 aliphatic heterocycles. The first-order valence-corrected chi connectivity index (χ1v) is 5.17. The van der Waals surface area contributed by atoms with E-state index in [1.54, 1.807) is 20.8 Å². The first kappa shape index (κ1) is 13.7. The zero-order valence-corrected chi connectivity index (χ0v) is 10.2. The van der Waals surface area contributed by atoms with Gasteiger partial charge in [-0.25, -0.2) is 0 Å². The Morgan fingerprint density at radius 1 is 1.35 bits per heavy atom. The maximum absolute atomic E-state index is 12.7. The number of Topliss-reactive ketones (excluding diaryl/α,β-unsaturated/α-hetero) is 1. The zero-order chi connectivity index (χ0) is 13.4. The van der Waals surface area contributed by atoms with Gasteiger partial charge in [-0.1, -0.05) is 20.8 Å². The summed E-state index contributed by atoms with van der Waals surface area (Å²) in [7, 11) is 0. The third-order valence-corrected chi connectivity index (χ3v) is 2.21. The molecular formula is C11H15F3N2O. The highest BCUT2D eigenvalue weighted by Gasteiger charge is 2.37. The Kier molecular flexibility index (Phi) is 3.36. The summed E-state index contributed by atoms with van der Waals surface area (Å²) in [4.78, 5) is 10.9. The van der Waals surface area contributed by atoms with Crippen LogP contribution in [0, 0.1) is 0 Å². The smallest absolute Gasteiger partial charge is 0.298 e. The fourth-order valence-corrected chi connectivity index (χ4v) is 1.34. The molecule has 0 saturated heterocycles. The number of hydrogen-bond acceptors (Lipinski definition) is 2. The summed E-state index contributed by atoms with van der Waals surface area (Å²) in [5.41, 5.74) is -1.04. The number of hydrogen-bond donors (Lipinski definition) is 0. The molecule has 0 aliphatic rings. The van der Waals surface area contributed by atoms with Gasteiger partial charge in [0, 0.05) is 5.41 Å². The van der Waals surface area contributed by atoms with Gasteiger partial charge in [0.2, 0.25) is 0 Å². The molecule has 0 spiro atoms. The second-order valence-electron chi connectivity index (χ2n) is 5.02. The molecule has 1 heterocycles. The molecule has 1 aromatic rings. The minimum atomic E-state index is -4.49. The lowest BCUT2D eigenvalue weighted by molar-refractivity contribution is -0.144. The third kappa shape index (κ3) is 3.31. The lowest BCUT2D eigenvalue weighted by Crippen LogP contribution is -2.18. The van der Waals surface area contributed by atoms with Crippen molar-refractivity contribution in [1.29, 1.82) is 0 Å². The third-order valence-electron chi connectivity index (χ3n) is 2.21. The van der Waals surface area contributed by atoms with Gasteiger partial charge in [0.1, 0.15) is 5.69 Å². The van der Waals surface area contributed by atoms with Crippen LogP contribution in [0.2, 0.25) is 0 Å². The van der Waals surface area contributed by atoms with Crippen LogP contribution < -0.4 is 0 Å². The van der Waals surface area contributed by atoms with Crippen LogP contribution in [0.4, 0.5) is 13.2 Å². The second kappa shape index (κ2) is 4.16. The molecule has 0 fully saturated rings. The van der Waals surface area contributed by atoms with Gasteiger partial charge >= 0.3 is 6.18 Å². The number of halogens is 3. The molecule has 1 aromatic heterocycles.